The number of rotatable bonds is 0. The van der Waals surface area contributed by atoms with Crippen LogP contribution in [0.15, 0.2) is 0 Å². The highest BCUT2D eigenvalue weighted by atomic mass is 31.0. The van der Waals surface area contributed by atoms with Gasteiger partial charge in [-0.1, -0.05) is 0 Å². The van der Waals surface area contributed by atoms with E-state index in [0.29, 0.717) is 0 Å². The highest BCUT2D eigenvalue weighted by Crippen LogP contribution is 1.97. The van der Waals surface area contributed by atoms with Gasteiger partial charge in [0.05, 0.1) is 0 Å². The van der Waals surface area contributed by atoms with Gasteiger partial charge < -0.3 is 0 Å². The second kappa shape index (κ2) is 1.72. The van der Waals surface area contributed by atoms with Gasteiger partial charge in [-0.3, -0.25) is 5.32 Å². The molecule has 0 amide bonds. The van der Waals surface area contributed by atoms with Gasteiger partial charge in [0.1, 0.15) is 0 Å². The van der Waals surface area contributed by atoms with Gasteiger partial charge in [0.25, 0.3) is 0 Å². The summed E-state index contributed by atoms with van der Waals surface area (Å²) in [6.07, 6.45) is 2.50. The first-order chi connectivity index (χ1) is 2.89. The number of hydrogen-bond acceptors (Lipinski definition) is 0. The Bertz CT molecular complexity index is 61.9. The van der Waals surface area contributed by atoms with Crippen LogP contribution in [0.2, 0.25) is 0 Å². The monoisotopic (exact) mass is 101 g/mol. The van der Waals surface area contributed by atoms with Crippen LogP contribution in [0.25, 0.3) is 0 Å². The average molecular weight is 101 g/mol. The second-order valence-corrected chi connectivity index (χ2v) is 2.11. The summed E-state index contributed by atoms with van der Waals surface area (Å²) in [5.74, 6) is 0. The second-order valence-electron chi connectivity index (χ2n) is 1.51. The Kier molecular flexibility index (Phi) is 1.23. The normalized spacial score (nSPS) is 22.3. The van der Waals surface area contributed by atoms with E-state index in [1.165, 1.54) is 18.3 Å². The van der Waals surface area contributed by atoms with Crippen molar-refractivity contribution in [1.82, 2.24) is 5.32 Å². The number of nitrogens with one attached hydrogen (secondary N) is 1. The molecular formula is C4H8NP. The highest BCUT2D eigenvalue weighted by molar-refractivity contribution is 7.20. The van der Waals surface area contributed by atoms with Crippen molar-refractivity contribution in [3.8, 4) is 0 Å². The maximum Gasteiger partial charge on any atom is 0.0117 e. The van der Waals surface area contributed by atoms with Crippen LogP contribution in [0.4, 0.5) is 0 Å². The third-order valence-electron chi connectivity index (χ3n) is 0.942. The zero-order valence-electron chi connectivity index (χ0n) is 3.62. The summed E-state index contributed by atoms with van der Waals surface area (Å²) in [6, 6.07) is 0. The molecule has 0 spiro atoms. The van der Waals surface area contributed by atoms with Crippen molar-refractivity contribution in [2.75, 3.05) is 6.54 Å². The molecule has 1 aliphatic rings. The fraction of sp³-hybridized carbons (Fsp3) is 0.750. The Balaban J connectivity index is 2.37. The first kappa shape index (κ1) is 4.29. The van der Waals surface area contributed by atoms with Crippen LogP contribution in [0.5, 0.6) is 0 Å². The van der Waals surface area contributed by atoms with Gasteiger partial charge in [-0.05, 0) is 12.8 Å². The van der Waals surface area contributed by atoms with Crippen LogP contribution in [0.3, 0.4) is 0 Å². The highest BCUT2D eigenvalue weighted by Gasteiger charge is 2.00. The van der Waals surface area contributed by atoms with Gasteiger partial charge in [0, 0.05) is 12.0 Å². The summed E-state index contributed by atoms with van der Waals surface area (Å²) < 4.78 is 0. The molecule has 1 aliphatic heterocycles. The molecule has 0 radical (unpaired) electrons. The zero-order valence-corrected chi connectivity index (χ0v) is 4.62. The molecular weight excluding hydrogens is 93.0 g/mol. The van der Waals surface area contributed by atoms with Crippen LogP contribution < -0.4 is 5.32 Å². The van der Waals surface area contributed by atoms with Crippen molar-refractivity contribution in [2.45, 2.75) is 12.8 Å². The first-order valence-electron chi connectivity index (χ1n) is 2.21. The van der Waals surface area contributed by atoms with Gasteiger partial charge in [-0.2, -0.15) is 0 Å². The molecule has 1 fully saturated rings. The minimum Gasteiger partial charge on any atom is -0.289 e. The third-order valence-corrected chi connectivity index (χ3v) is 1.37. The lowest BCUT2D eigenvalue weighted by atomic mass is 10.4. The fourth-order valence-corrected chi connectivity index (χ4v) is 0.895. The predicted molar refractivity (Wildman–Crippen MR) is 30.6 cm³/mol. The molecule has 1 saturated heterocycles. The van der Waals surface area contributed by atoms with Crippen molar-refractivity contribution in [3.05, 3.63) is 0 Å². The van der Waals surface area contributed by atoms with Crippen molar-refractivity contribution < 1.29 is 0 Å². The Labute approximate surface area is 40.0 Å². The topological polar surface area (TPSA) is 12.0 Å². The molecule has 0 aromatic heterocycles. The molecule has 2 heteroatoms. The van der Waals surface area contributed by atoms with Crippen molar-refractivity contribution in [2.24, 2.45) is 0 Å². The lowest BCUT2D eigenvalue weighted by molar-refractivity contribution is 0.913. The minimum absolute atomic E-state index is 1.15. The molecule has 6 heavy (non-hydrogen) atoms. The van der Waals surface area contributed by atoms with Crippen molar-refractivity contribution in [1.29, 1.82) is 0 Å². The third kappa shape index (κ3) is 0.796. The quantitative estimate of drug-likeness (QED) is 0.441. The van der Waals surface area contributed by atoms with E-state index in [1.54, 1.807) is 0 Å². The van der Waals surface area contributed by atoms with E-state index in [-0.39, 0.29) is 0 Å². The van der Waals surface area contributed by atoms with E-state index in [0.717, 1.165) is 6.54 Å². The molecule has 34 valence electrons. The summed E-state index contributed by atoms with van der Waals surface area (Å²) >= 11 is 0. The molecule has 0 unspecified atom stereocenters. The smallest absolute Gasteiger partial charge is 0.0117 e. The molecule has 1 nitrogen and oxygen atoms in total. The summed E-state index contributed by atoms with van der Waals surface area (Å²) in [5, 5.41) is 3.15. The summed E-state index contributed by atoms with van der Waals surface area (Å²) in [7, 11) is 3.39. The van der Waals surface area contributed by atoms with E-state index in [1.807, 2.05) is 0 Å². The van der Waals surface area contributed by atoms with E-state index in [4.69, 9.17) is 0 Å². The Morgan fingerprint density at radius 1 is 1.67 bits per heavy atom. The Morgan fingerprint density at radius 2 is 2.50 bits per heavy atom. The van der Waals surface area contributed by atoms with E-state index >= 15 is 0 Å². The Morgan fingerprint density at radius 3 is 2.67 bits per heavy atom. The molecule has 0 atom stereocenters. The average Bonchev–Trinajstić information content (AvgIpc) is 1.86. The fourth-order valence-electron chi connectivity index (χ4n) is 0.593. The van der Waals surface area contributed by atoms with E-state index in [2.05, 4.69) is 14.2 Å². The SMILES string of the molecule is P=C1CCCN1. The van der Waals surface area contributed by atoms with Gasteiger partial charge in [-0.25, -0.2) is 0 Å². The summed E-state index contributed by atoms with van der Waals surface area (Å²) in [5.41, 5.74) is 1.26. The van der Waals surface area contributed by atoms with Gasteiger partial charge in [0.2, 0.25) is 0 Å². The van der Waals surface area contributed by atoms with Crippen LogP contribution >= 0.6 is 8.86 Å². The van der Waals surface area contributed by atoms with Crippen LogP contribution in [-0.4, -0.2) is 12.0 Å². The zero-order chi connectivity index (χ0) is 4.41. The van der Waals surface area contributed by atoms with Crippen LogP contribution in [0, 0.1) is 0 Å². The summed E-state index contributed by atoms with van der Waals surface area (Å²) in [6.45, 7) is 1.15. The molecule has 0 aromatic rings. The lowest BCUT2D eigenvalue weighted by Gasteiger charge is -1.83. The lowest BCUT2D eigenvalue weighted by Crippen LogP contribution is -2.09. The molecule has 1 rings (SSSR count). The van der Waals surface area contributed by atoms with Gasteiger partial charge in [-0.15, -0.1) is 8.86 Å². The maximum absolute atomic E-state index is 3.39. The van der Waals surface area contributed by atoms with Crippen LogP contribution in [-0.2, 0) is 0 Å². The molecule has 0 aliphatic carbocycles. The summed E-state index contributed by atoms with van der Waals surface area (Å²) in [4.78, 5) is 0. The van der Waals surface area contributed by atoms with Gasteiger partial charge >= 0.3 is 0 Å². The van der Waals surface area contributed by atoms with E-state index < -0.39 is 0 Å². The Hall–Kier alpha value is 0.130. The molecule has 0 bridgehead atoms. The van der Waals surface area contributed by atoms with Gasteiger partial charge in [0.15, 0.2) is 0 Å². The van der Waals surface area contributed by atoms with Crippen LogP contribution in [0.1, 0.15) is 12.8 Å². The largest absolute Gasteiger partial charge is 0.289 e. The molecule has 0 saturated carbocycles. The first-order valence-corrected chi connectivity index (χ1v) is 2.71. The van der Waals surface area contributed by atoms with E-state index in [9.17, 15) is 0 Å². The van der Waals surface area contributed by atoms with Crippen molar-refractivity contribution in [3.63, 3.8) is 0 Å². The maximum atomic E-state index is 3.39. The molecule has 1 N–H and O–H groups in total. The van der Waals surface area contributed by atoms with Crippen molar-refractivity contribution >= 4 is 14.3 Å². The molecule has 0 aromatic carbocycles. The standard InChI is InChI=1S/C4H8NP/c6-4-2-1-3-5-4/h5-6H,1-3H2. The molecule has 1 heterocycles. The predicted octanol–water partition coefficient (Wildman–Crippen LogP) is 0.642. The minimum atomic E-state index is 1.15. The number of hydrogen-bond donors (Lipinski definition) is 1.